The SMILES string of the molecule is O.O.O.O=C([O-])C(O)C(O)C(=O)[O-].O=C([O-])C(O)C(O)C(=O)[O-].[HH].[HH].[HH].[HH].[HH].[HH].[K+].[Sb+3]. The number of aliphatic hydroxyl groups excluding tert-OH is 4. The fraction of sp³-hybridized carbons (Fsp3) is 0.500. The van der Waals surface area contributed by atoms with Gasteiger partial charge in [-0.1, -0.05) is 0 Å². The number of carbonyl (C=O) groups excluding carboxylic acids is 4. The molecular weight excluding hydrogens is 497 g/mol. The van der Waals surface area contributed by atoms with E-state index in [9.17, 15) is 39.6 Å². The van der Waals surface area contributed by atoms with Crippen molar-refractivity contribution in [3.63, 3.8) is 0 Å². The minimum absolute atomic E-state index is 0. The largest absolute Gasteiger partial charge is 3.00 e. The zero-order valence-corrected chi connectivity index (χ0v) is 18.0. The van der Waals surface area contributed by atoms with E-state index in [0.29, 0.717) is 0 Å². The summed E-state index contributed by atoms with van der Waals surface area (Å²) in [4.78, 5) is 38.5. The van der Waals surface area contributed by atoms with Crippen molar-refractivity contribution in [2.75, 3.05) is 0 Å². The molecule has 4 atom stereocenters. The van der Waals surface area contributed by atoms with Crippen LogP contribution in [0.5, 0.6) is 0 Å². The number of hydrogen-bond acceptors (Lipinski definition) is 12. The summed E-state index contributed by atoms with van der Waals surface area (Å²) in [5, 5.41) is 71.5. The van der Waals surface area contributed by atoms with Crippen LogP contribution >= 0.6 is 0 Å². The molecule has 154 valence electrons. The van der Waals surface area contributed by atoms with E-state index in [4.69, 9.17) is 20.4 Å². The van der Waals surface area contributed by atoms with Gasteiger partial charge in [-0.15, -0.1) is 0 Å². The molecule has 25 heavy (non-hydrogen) atoms. The van der Waals surface area contributed by atoms with Gasteiger partial charge in [-0.3, -0.25) is 0 Å². The molecular formula is C8H26KO15Sb. The molecule has 0 aromatic carbocycles. The molecule has 10 N–H and O–H groups in total. The maximum absolute atomic E-state index is 9.63. The average molecular weight is 523 g/mol. The Bertz CT molecular complexity index is 340. The van der Waals surface area contributed by atoms with Gasteiger partial charge in [0, 0.05) is 8.56 Å². The Morgan fingerprint density at radius 2 is 0.640 bits per heavy atom. The number of hydrogen-bond donors (Lipinski definition) is 4. The molecule has 0 aliphatic rings. The van der Waals surface area contributed by atoms with Crippen molar-refractivity contribution >= 4 is 48.3 Å². The first-order valence-corrected chi connectivity index (χ1v) is 4.49. The molecule has 0 fully saturated rings. The molecule has 0 bridgehead atoms. The van der Waals surface area contributed by atoms with Crippen LogP contribution in [0.1, 0.15) is 8.56 Å². The molecule has 4 unspecified atom stereocenters. The fourth-order valence-corrected chi connectivity index (χ4v) is 0.516. The van der Waals surface area contributed by atoms with Crippen molar-refractivity contribution in [1.29, 1.82) is 0 Å². The van der Waals surface area contributed by atoms with Crippen LogP contribution in [-0.4, -0.2) is 110 Å². The van der Waals surface area contributed by atoms with Crippen LogP contribution in [-0.2, 0) is 19.2 Å². The van der Waals surface area contributed by atoms with Crippen LogP contribution in [0.2, 0.25) is 0 Å². The molecule has 15 nitrogen and oxygen atoms in total. The van der Waals surface area contributed by atoms with Crippen molar-refractivity contribution < 1.29 is 136 Å². The topological polar surface area (TPSA) is 336 Å². The predicted molar refractivity (Wildman–Crippen MR) is 73.3 cm³/mol. The summed E-state index contributed by atoms with van der Waals surface area (Å²) in [7, 11) is 0. The molecule has 17 heteroatoms. The molecule has 0 aromatic rings. The maximum Gasteiger partial charge on any atom is 3.00 e. The Kier molecular flexibility index (Phi) is 39.3. The second-order valence-electron chi connectivity index (χ2n) is 3.06. The first-order valence-electron chi connectivity index (χ1n) is 4.49. The second-order valence-corrected chi connectivity index (χ2v) is 3.06. The molecule has 0 amide bonds. The number of carboxylic acids is 4. The summed E-state index contributed by atoms with van der Waals surface area (Å²) in [5.74, 6) is -8.23. The number of aliphatic carboxylic acids is 4. The third kappa shape index (κ3) is 20.2. The van der Waals surface area contributed by atoms with Crippen LogP contribution in [0, 0.1) is 0 Å². The van der Waals surface area contributed by atoms with E-state index in [0.717, 1.165) is 0 Å². The van der Waals surface area contributed by atoms with Crippen molar-refractivity contribution in [2.45, 2.75) is 24.4 Å². The van der Waals surface area contributed by atoms with Crippen molar-refractivity contribution in [2.24, 2.45) is 0 Å². The van der Waals surface area contributed by atoms with Crippen LogP contribution in [0.25, 0.3) is 0 Å². The number of aliphatic hydroxyl groups is 4. The summed E-state index contributed by atoms with van der Waals surface area (Å²) in [6, 6.07) is 0. The summed E-state index contributed by atoms with van der Waals surface area (Å²) >= 11 is 0. The van der Waals surface area contributed by atoms with Gasteiger partial charge in [-0.2, -0.15) is 0 Å². The average Bonchev–Trinajstić information content (AvgIpc) is 2.35. The first kappa shape index (κ1) is 44.5. The first-order chi connectivity index (χ1) is 8.93. The Hall–Kier alpha value is 0.0545. The molecule has 0 aromatic heterocycles. The normalized spacial score (nSPS) is 12.6. The van der Waals surface area contributed by atoms with Crippen molar-refractivity contribution in [1.82, 2.24) is 0 Å². The molecule has 0 saturated carbocycles. The minimum atomic E-state index is -2.44. The predicted octanol–water partition coefficient (Wildman–Crippen LogP) is -14.0. The molecule has 2 radical (unpaired) electrons. The summed E-state index contributed by atoms with van der Waals surface area (Å²) in [6.07, 6.45) is -9.76. The third-order valence-electron chi connectivity index (χ3n) is 1.56. The fourth-order valence-electron chi connectivity index (χ4n) is 0.516. The number of rotatable bonds is 6. The van der Waals surface area contributed by atoms with Crippen molar-refractivity contribution in [3.05, 3.63) is 0 Å². The van der Waals surface area contributed by atoms with E-state index in [2.05, 4.69) is 0 Å². The molecule has 0 aliphatic carbocycles. The zero-order chi connectivity index (χ0) is 16.6. The zero-order valence-electron chi connectivity index (χ0n) is 12.3. The van der Waals surface area contributed by atoms with Gasteiger partial charge in [0.1, 0.15) is 24.4 Å². The van der Waals surface area contributed by atoms with Gasteiger partial charge in [0.25, 0.3) is 0 Å². The van der Waals surface area contributed by atoms with Gasteiger partial charge < -0.3 is 76.5 Å². The van der Waals surface area contributed by atoms with Gasteiger partial charge in [-0.05, 0) is 0 Å². The molecule has 0 aliphatic heterocycles. The molecule has 0 saturated heterocycles. The van der Waals surface area contributed by atoms with E-state index in [-0.39, 0.29) is 101 Å². The van der Waals surface area contributed by atoms with Gasteiger partial charge in [0.05, 0.1) is 23.9 Å². The molecule has 0 spiro atoms. The van der Waals surface area contributed by atoms with E-state index >= 15 is 0 Å². The quantitative estimate of drug-likeness (QED) is 0.236. The molecule has 0 rings (SSSR count). The Labute approximate surface area is 207 Å². The van der Waals surface area contributed by atoms with Gasteiger partial charge in [0.2, 0.25) is 0 Å². The molecule has 0 heterocycles. The standard InChI is InChI=1S/2C4H6O6.K.3H2O.Sb.6H2/c2*5-1(3(7)8)2(6)4(9)10;;;;;;;;;;;/h2*1-2,5-6H,(H,7,8)(H,9,10);;3*1H2;;6*1H/q;;+1;;;;+3;;;;;;/p-4. The van der Waals surface area contributed by atoms with E-state index in [1.807, 2.05) is 0 Å². The van der Waals surface area contributed by atoms with Crippen LogP contribution in [0.3, 0.4) is 0 Å². The van der Waals surface area contributed by atoms with Crippen LogP contribution in [0.15, 0.2) is 0 Å². The second kappa shape index (κ2) is 22.1. The van der Waals surface area contributed by atoms with E-state index in [1.54, 1.807) is 0 Å². The maximum atomic E-state index is 9.63. The van der Waals surface area contributed by atoms with E-state index in [1.165, 1.54) is 0 Å². The Morgan fingerprint density at radius 1 is 0.560 bits per heavy atom. The van der Waals surface area contributed by atoms with Crippen molar-refractivity contribution in [3.8, 4) is 0 Å². The Balaban J connectivity index is -0.0000000140. The van der Waals surface area contributed by atoms with Crippen LogP contribution < -0.4 is 71.8 Å². The van der Waals surface area contributed by atoms with Gasteiger partial charge >= 0.3 is 75.8 Å². The number of carbonyl (C=O) groups is 4. The summed E-state index contributed by atoms with van der Waals surface area (Å²) < 4.78 is 0. The third-order valence-corrected chi connectivity index (χ3v) is 1.56. The smallest absolute Gasteiger partial charge is 0.547 e. The number of carboxylic acid groups (broad SMARTS) is 4. The van der Waals surface area contributed by atoms with Crippen LogP contribution in [0.4, 0.5) is 0 Å². The summed E-state index contributed by atoms with van der Waals surface area (Å²) in [6.45, 7) is 0. The van der Waals surface area contributed by atoms with Gasteiger partial charge in [-0.25, -0.2) is 0 Å². The summed E-state index contributed by atoms with van der Waals surface area (Å²) in [5.41, 5.74) is 0. The Morgan fingerprint density at radius 3 is 0.680 bits per heavy atom. The van der Waals surface area contributed by atoms with Gasteiger partial charge in [0.15, 0.2) is 0 Å². The monoisotopic (exact) mass is 522 g/mol. The minimum Gasteiger partial charge on any atom is -0.547 e. The van der Waals surface area contributed by atoms with E-state index < -0.39 is 48.3 Å².